The molecule has 0 atom stereocenters. The highest BCUT2D eigenvalue weighted by Gasteiger charge is 2.11. The summed E-state index contributed by atoms with van der Waals surface area (Å²) in [6.45, 7) is 8.35. The first-order valence-corrected chi connectivity index (χ1v) is 10.7. The highest BCUT2D eigenvalue weighted by molar-refractivity contribution is 5.89. The van der Waals surface area contributed by atoms with Gasteiger partial charge < -0.3 is 15.5 Å². The van der Waals surface area contributed by atoms with E-state index in [-0.39, 0.29) is 12.2 Å². The molecule has 0 aliphatic carbocycles. The van der Waals surface area contributed by atoms with Crippen molar-refractivity contribution >= 4 is 24.1 Å². The lowest BCUT2D eigenvalue weighted by molar-refractivity contribution is -0.105. The van der Waals surface area contributed by atoms with Gasteiger partial charge in [0.25, 0.3) is 0 Å². The van der Waals surface area contributed by atoms with Crippen LogP contribution in [0.4, 0.5) is 10.5 Å². The van der Waals surface area contributed by atoms with E-state index < -0.39 is 6.03 Å². The fourth-order valence-corrected chi connectivity index (χ4v) is 3.25. The van der Waals surface area contributed by atoms with Crippen molar-refractivity contribution in [1.29, 1.82) is 0 Å². The molecule has 5 nitrogen and oxygen atoms in total. The second-order valence-corrected chi connectivity index (χ2v) is 8.09. The maximum Gasteiger partial charge on any atom is 0.322 e. The largest absolute Gasteiger partial charge is 0.358 e. The van der Waals surface area contributed by atoms with Crippen LogP contribution in [0.1, 0.15) is 16.7 Å². The van der Waals surface area contributed by atoms with Crippen LogP contribution >= 0.6 is 0 Å². The van der Waals surface area contributed by atoms with E-state index in [1.807, 2.05) is 55.5 Å². The summed E-state index contributed by atoms with van der Waals surface area (Å²) < 4.78 is 0. The van der Waals surface area contributed by atoms with E-state index in [4.69, 9.17) is 0 Å². The molecule has 5 heteroatoms. The number of likely N-dealkylation sites (N-methyl/N-ethyl adjacent to an activating group) is 1. The maximum atomic E-state index is 12.5. The number of carbonyl (C=O) groups is 2. The summed E-state index contributed by atoms with van der Waals surface area (Å²) in [4.78, 5) is 25.6. The molecule has 0 saturated heterocycles. The van der Waals surface area contributed by atoms with E-state index in [1.54, 1.807) is 13.1 Å². The predicted octanol–water partition coefficient (Wildman–Crippen LogP) is 5.78. The minimum absolute atomic E-state index is 0.187. The van der Waals surface area contributed by atoms with Crippen molar-refractivity contribution in [3.8, 4) is 11.1 Å². The smallest absolute Gasteiger partial charge is 0.322 e. The zero-order chi connectivity index (χ0) is 23.8. The SMILES string of the molecule is C=C(CN(C)C(=O)N/C(C=O)=C\c1ccc(-c2ccc(C)cc2)cc1)Nc1ccc(C)cc1. The van der Waals surface area contributed by atoms with Gasteiger partial charge in [0, 0.05) is 18.4 Å². The lowest BCUT2D eigenvalue weighted by atomic mass is 10.0. The summed E-state index contributed by atoms with van der Waals surface area (Å²) >= 11 is 0. The van der Waals surface area contributed by atoms with Gasteiger partial charge in [0.15, 0.2) is 6.29 Å². The van der Waals surface area contributed by atoms with Crippen LogP contribution in [0.15, 0.2) is 90.8 Å². The number of aryl methyl sites for hydroxylation is 2. The summed E-state index contributed by atoms with van der Waals surface area (Å²) in [7, 11) is 1.65. The first-order valence-electron chi connectivity index (χ1n) is 10.7. The number of rotatable bonds is 8. The molecular formula is C28H29N3O2. The standard InChI is InChI=1S/C28H29N3O2/c1-20-5-11-24(12-6-20)25-13-9-23(10-14-25)17-27(19-32)30-28(33)31(4)18-22(3)29-26-15-7-21(2)8-16-26/h5-17,19,29H,3,18H2,1-2,4H3,(H,30,33)/b27-17-. The number of urea groups is 1. The Hall–Kier alpha value is -4.12. The molecule has 0 saturated carbocycles. The van der Waals surface area contributed by atoms with Gasteiger partial charge in [-0.25, -0.2) is 4.79 Å². The third kappa shape index (κ3) is 6.94. The number of benzene rings is 3. The molecule has 0 unspecified atom stereocenters. The Bertz CT molecular complexity index is 1150. The number of carbonyl (C=O) groups excluding carboxylic acids is 2. The van der Waals surface area contributed by atoms with E-state index in [9.17, 15) is 9.59 Å². The summed E-state index contributed by atoms with van der Waals surface area (Å²) in [5, 5.41) is 5.84. The predicted molar refractivity (Wildman–Crippen MR) is 136 cm³/mol. The molecule has 0 heterocycles. The second-order valence-electron chi connectivity index (χ2n) is 8.09. The highest BCUT2D eigenvalue weighted by atomic mass is 16.2. The Morgan fingerprint density at radius 3 is 1.94 bits per heavy atom. The number of amides is 2. The molecule has 3 aromatic rings. The fourth-order valence-electron chi connectivity index (χ4n) is 3.25. The molecule has 0 fully saturated rings. The average molecular weight is 440 g/mol. The molecule has 33 heavy (non-hydrogen) atoms. The zero-order valence-electron chi connectivity index (χ0n) is 19.3. The van der Waals surface area contributed by atoms with Gasteiger partial charge in [0.1, 0.15) is 0 Å². The van der Waals surface area contributed by atoms with Gasteiger partial charge in [-0.2, -0.15) is 0 Å². The summed E-state index contributed by atoms with van der Waals surface area (Å²) in [6, 6.07) is 23.6. The summed E-state index contributed by atoms with van der Waals surface area (Å²) in [5.41, 5.74) is 7.17. The van der Waals surface area contributed by atoms with E-state index >= 15 is 0 Å². The minimum atomic E-state index is -0.392. The van der Waals surface area contributed by atoms with Gasteiger partial charge in [-0.15, -0.1) is 0 Å². The normalized spacial score (nSPS) is 10.9. The molecule has 0 radical (unpaired) electrons. The summed E-state index contributed by atoms with van der Waals surface area (Å²) in [5.74, 6) is 0. The lowest BCUT2D eigenvalue weighted by Gasteiger charge is -2.20. The quantitative estimate of drug-likeness (QED) is 0.346. The van der Waals surface area contributed by atoms with Crippen molar-refractivity contribution in [2.45, 2.75) is 13.8 Å². The van der Waals surface area contributed by atoms with Crippen molar-refractivity contribution in [1.82, 2.24) is 10.2 Å². The highest BCUT2D eigenvalue weighted by Crippen LogP contribution is 2.21. The number of nitrogens with one attached hydrogen (secondary N) is 2. The number of hydrogen-bond acceptors (Lipinski definition) is 3. The molecule has 0 bridgehead atoms. The molecule has 3 aromatic carbocycles. The van der Waals surface area contributed by atoms with E-state index in [0.717, 1.165) is 22.4 Å². The van der Waals surface area contributed by atoms with Crippen LogP contribution in [-0.2, 0) is 4.79 Å². The van der Waals surface area contributed by atoms with Crippen molar-refractivity contribution < 1.29 is 9.59 Å². The molecule has 0 spiro atoms. The number of aldehydes is 1. The Kier molecular flexibility index (Phi) is 7.82. The maximum absolute atomic E-state index is 12.5. The van der Waals surface area contributed by atoms with Crippen LogP contribution in [0.2, 0.25) is 0 Å². The van der Waals surface area contributed by atoms with Gasteiger partial charge in [-0.3, -0.25) is 4.79 Å². The van der Waals surface area contributed by atoms with Crippen molar-refractivity contribution in [2.24, 2.45) is 0 Å². The second kappa shape index (κ2) is 11.0. The zero-order valence-corrected chi connectivity index (χ0v) is 19.3. The lowest BCUT2D eigenvalue weighted by Crippen LogP contribution is -2.38. The first kappa shape index (κ1) is 23.5. The molecule has 0 aromatic heterocycles. The number of anilines is 1. The van der Waals surface area contributed by atoms with Crippen LogP contribution in [-0.4, -0.2) is 30.8 Å². The van der Waals surface area contributed by atoms with E-state index in [2.05, 4.69) is 48.4 Å². The Balaban J connectivity index is 1.58. The van der Waals surface area contributed by atoms with Gasteiger partial charge in [-0.1, -0.05) is 78.4 Å². The monoisotopic (exact) mass is 439 g/mol. The molecule has 2 amide bonds. The van der Waals surface area contributed by atoms with Crippen LogP contribution in [0.5, 0.6) is 0 Å². The van der Waals surface area contributed by atoms with E-state index in [1.165, 1.54) is 16.0 Å². The van der Waals surface area contributed by atoms with Crippen LogP contribution in [0.25, 0.3) is 17.2 Å². The Morgan fingerprint density at radius 2 is 1.39 bits per heavy atom. The van der Waals surface area contributed by atoms with Crippen LogP contribution < -0.4 is 10.6 Å². The third-order valence-electron chi connectivity index (χ3n) is 5.14. The minimum Gasteiger partial charge on any atom is -0.358 e. The molecule has 3 rings (SSSR count). The molecule has 168 valence electrons. The molecule has 0 aliphatic rings. The third-order valence-corrected chi connectivity index (χ3v) is 5.14. The van der Waals surface area contributed by atoms with Crippen LogP contribution in [0.3, 0.4) is 0 Å². The summed E-state index contributed by atoms with van der Waals surface area (Å²) in [6.07, 6.45) is 2.29. The number of hydrogen-bond donors (Lipinski definition) is 2. The molecule has 2 N–H and O–H groups in total. The van der Waals surface area contributed by atoms with Gasteiger partial charge >= 0.3 is 6.03 Å². The fraction of sp³-hybridized carbons (Fsp3) is 0.143. The molecule has 0 aliphatic heterocycles. The topological polar surface area (TPSA) is 61.4 Å². The first-order chi connectivity index (χ1) is 15.8. The number of allylic oxidation sites excluding steroid dienone is 1. The average Bonchev–Trinajstić information content (AvgIpc) is 2.81. The molecular weight excluding hydrogens is 410 g/mol. The van der Waals surface area contributed by atoms with Crippen LogP contribution in [0, 0.1) is 13.8 Å². The van der Waals surface area contributed by atoms with Crippen molar-refractivity contribution in [2.75, 3.05) is 18.9 Å². The number of nitrogens with zero attached hydrogens (tertiary/aromatic N) is 1. The van der Waals surface area contributed by atoms with E-state index in [0.29, 0.717) is 12.0 Å². The van der Waals surface area contributed by atoms with Crippen molar-refractivity contribution in [3.05, 3.63) is 107 Å². The Labute approximate surface area is 195 Å². The van der Waals surface area contributed by atoms with Gasteiger partial charge in [-0.05, 0) is 48.7 Å². The Morgan fingerprint density at radius 1 is 0.879 bits per heavy atom. The van der Waals surface area contributed by atoms with Gasteiger partial charge in [0.2, 0.25) is 0 Å². The van der Waals surface area contributed by atoms with Crippen molar-refractivity contribution in [3.63, 3.8) is 0 Å². The van der Waals surface area contributed by atoms with Gasteiger partial charge in [0.05, 0.1) is 12.2 Å².